The summed E-state index contributed by atoms with van der Waals surface area (Å²) in [5.74, 6) is 0.386. The van der Waals surface area contributed by atoms with Crippen LogP contribution in [0.5, 0.6) is 0 Å². The number of halogens is 1. The number of imidazole rings is 1. The Morgan fingerprint density at radius 3 is 2.76 bits per heavy atom. The van der Waals surface area contributed by atoms with Crippen LogP contribution in [0.15, 0.2) is 41.7 Å². The SMILES string of the molecule is CCOC(=O)[C@H]1C[C@H](n2c(Cn3nc(S(C)(=O)=O)c4ccncc43)nc3cc(Cl)ccc32)C1. The minimum atomic E-state index is -3.53. The number of esters is 1. The molecule has 0 unspecified atom stereocenters. The number of sulfone groups is 1. The zero-order valence-electron chi connectivity index (χ0n) is 18.1. The van der Waals surface area contributed by atoms with Crippen LogP contribution in [0.25, 0.3) is 21.9 Å². The van der Waals surface area contributed by atoms with E-state index in [0.717, 1.165) is 17.3 Å². The number of benzene rings is 1. The summed E-state index contributed by atoms with van der Waals surface area (Å²) in [6.45, 7) is 2.40. The molecule has 4 aromatic rings. The molecule has 172 valence electrons. The molecular formula is C22H22ClN5O4S. The summed E-state index contributed by atoms with van der Waals surface area (Å²) in [4.78, 5) is 21.1. The van der Waals surface area contributed by atoms with Crippen LogP contribution in [0.4, 0.5) is 0 Å². The molecule has 1 fully saturated rings. The van der Waals surface area contributed by atoms with Crippen molar-refractivity contribution in [3.05, 3.63) is 47.5 Å². The molecule has 0 aliphatic heterocycles. The quantitative estimate of drug-likeness (QED) is 0.383. The number of hydrogen-bond acceptors (Lipinski definition) is 7. The first-order chi connectivity index (χ1) is 15.8. The first-order valence-electron chi connectivity index (χ1n) is 10.6. The maximum atomic E-state index is 12.3. The minimum Gasteiger partial charge on any atom is -0.466 e. The Labute approximate surface area is 195 Å². The average molecular weight is 488 g/mol. The Morgan fingerprint density at radius 1 is 1.24 bits per heavy atom. The molecule has 5 rings (SSSR count). The summed E-state index contributed by atoms with van der Waals surface area (Å²) in [6.07, 6.45) is 5.58. The van der Waals surface area contributed by atoms with Crippen LogP contribution >= 0.6 is 11.6 Å². The molecule has 0 amide bonds. The zero-order chi connectivity index (χ0) is 23.3. The summed E-state index contributed by atoms with van der Waals surface area (Å²) in [5.41, 5.74) is 2.24. The van der Waals surface area contributed by atoms with Crippen molar-refractivity contribution in [2.24, 2.45) is 5.92 Å². The molecule has 3 aromatic heterocycles. The molecule has 1 aliphatic rings. The van der Waals surface area contributed by atoms with Gasteiger partial charge in [0.2, 0.25) is 0 Å². The van der Waals surface area contributed by atoms with Crippen molar-refractivity contribution in [3.8, 4) is 0 Å². The average Bonchev–Trinajstić information content (AvgIpc) is 3.26. The Kier molecular flexibility index (Phi) is 5.37. The van der Waals surface area contributed by atoms with E-state index in [9.17, 15) is 13.2 Å². The third kappa shape index (κ3) is 3.87. The molecule has 11 heteroatoms. The van der Waals surface area contributed by atoms with Gasteiger partial charge in [0.25, 0.3) is 0 Å². The molecule has 0 N–H and O–H groups in total. The van der Waals surface area contributed by atoms with Gasteiger partial charge in [0.05, 0.1) is 41.8 Å². The highest BCUT2D eigenvalue weighted by molar-refractivity contribution is 7.90. The molecule has 1 saturated carbocycles. The number of carbonyl (C=O) groups excluding carboxylic acids is 1. The van der Waals surface area contributed by atoms with E-state index >= 15 is 0 Å². The summed E-state index contributed by atoms with van der Waals surface area (Å²) in [6, 6.07) is 7.23. The Balaban J connectivity index is 1.57. The number of pyridine rings is 1. The van der Waals surface area contributed by atoms with Crippen LogP contribution in [0.2, 0.25) is 5.02 Å². The molecule has 0 atom stereocenters. The van der Waals surface area contributed by atoms with E-state index in [1.54, 1.807) is 36.1 Å². The standard InChI is InChI=1S/C22H22ClN5O4S/c1-3-32-22(29)13-8-15(9-13)28-18-5-4-14(23)10-17(18)25-20(28)12-27-19-11-24-7-6-16(19)21(26-27)33(2,30)31/h4-7,10-11,13,15H,3,8-9,12H2,1-2H3/t13-,15-. The first-order valence-corrected chi connectivity index (χ1v) is 12.9. The summed E-state index contributed by atoms with van der Waals surface area (Å²) in [5, 5.41) is 5.49. The van der Waals surface area contributed by atoms with Crippen molar-refractivity contribution < 1.29 is 17.9 Å². The van der Waals surface area contributed by atoms with Gasteiger partial charge in [-0.2, -0.15) is 5.10 Å². The molecule has 0 radical (unpaired) electrons. The third-order valence-electron chi connectivity index (χ3n) is 5.99. The second kappa shape index (κ2) is 8.11. The molecule has 3 heterocycles. The van der Waals surface area contributed by atoms with Gasteiger partial charge in [-0.1, -0.05) is 11.6 Å². The lowest BCUT2D eigenvalue weighted by atomic mass is 9.80. The number of aromatic nitrogens is 5. The van der Waals surface area contributed by atoms with E-state index in [1.807, 2.05) is 12.1 Å². The van der Waals surface area contributed by atoms with Crippen LogP contribution in [-0.4, -0.2) is 51.6 Å². The lowest BCUT2D eigenvalue weighted by Crippen LogP contribution is -2.34. The first kappa shape index (κ1) is 21.8. The smallest absolute Gasteiger partial charge is 0.309 e. The predicted molar refractivity (Wildman–Crippen MR) is 123 cm³/mol. The van der Waals surface area contributed by atoms with Crippen LogP contribution in [-0.2, 0) is 25.9 Å². The maximum Gasteiger partial charge on any atom is 0.309 e. The molecule has 0 saturated heterocycles. The fourth-order valence-corrected chi connectivity index (χ4v) is 5.40. The molecule has 1 aromatic carbocycles. The lowest BCUT2D eigenvalue weighted by Gasteiger charge is -2.35. The highest BCUT2D eigenvalue weighted by atomic mass is 35.5. The molecular weight excluding hydrogens is 466 g/mol. The van der Waals surface area contributed by atoms with Crippen molar-refractivity contribution >= 4 is 49.3 Å². The Bertz CT molecular complexity index is 1490. The van der Waals surface area contributed by atoms with Gasteiger partial charge in [-0.05, 0) is 44.0 Å². The third-order valence-corrected chi connectivity index (χ3v) is 7.22. The van der Waals surface area contributed by atoms with Crippen LogP contribution in [0.1, 0.15) is 31.6 Å². The van der Waals surface area contributed by atoms with Gasteiger partial charge in [-0.3, -0.25) is 14.5 Å². The second-order valence-electron chi connectivity index (χ2n) is 8.23. The van der Waals surface area contributed by atoms with Crippen molar-refractivity contribution in [1.29, 1.82) is 0 Å². The van der Waals surface area contributed by atoms with E-state index in [4.69, 9.17) is 21.3 Å². The monoisotopic (exact) mass is 487 g/mol. The van der Waals surface area contributed by atoms with E-state index in [1.165, 1.54) is 0 Å². The van der Waals surface area contributed by atoms with Crippen molar-refractivity contribution in [1.82, 2.24) is 24.3 Å². The molecule has 0 spiro atoms. The Hall–Kier alpha value is -2.98. The number of hydrogen-bond donors (Lipinski definition) is 0. The topological polar surface area (TPSA) is 109 Å². The molecule has 1 aliphatic carbocycles. The second-order valence-corrected chi connectivity index (χ2v) is 10.6. The van der Waals surface area contributed by atoms with Gasteiger partial charge < -0.3 is 9.30 Å². The van der Waals surface area contributed by atoms with Gasteiger partial charge in [0.1, 0.15) is 5.82 Å². The number of rotatable bonds is 6. The summed E-state index contributed by atoms with van der Waals surface area (Å²) >= 11 is 6.20. The fourth-order valence-electron chi connectivity index (χ4n) is 4.41. The molecule has 33 heavy (non-hydrogen) atoms. The number of carbonyl (C=O) groups is 1. The maximum absolute atomic E-state index is 12.3. The lowest BCUT2D eigenvalue weighted by molar-refractivity contribution is -0.152. The van der Waals surface area contributed by atoms with Crippen molar-refractivity contribution in [2.75, 3.05) is 12.9 Å². The van der Waals surface area contributed by atoms with Gasteiger partial charge in [0.15, 0.2) is 14.9 Å². The molecule has 0 bridgehead atoms. The van der Waals surface area contributed by atoms with E-state index in [-0.39, 0.29) is 29.5 Å². The van der Waals surface area contributed by atoms with Gasteiger partial charge in [-0.15, -0.1) is 0 Å². The Morgan fingerprint density at radius 2 is 2.03 bits per heavy atom. The van der Waals surface area contributed by atoms with Crippen molar-refractivity contribution in [2.45, 2.75) is 37.4 Å². The fraction of sp³-hybridized carbons (Fsp3) is 0.364. The number of fused-ring (bicyclic) bond motifs is 2. The highest BCUT2D eigenvalue weighted by Crippen LogP contribution is 2.41. The van der Waals surface area contributed by atoms with Crippen LogP contribution in [0, 0.1) is 5.92 Å². The zero-order valence-corrected chi connectivity index (χ0v) is 19.7. The minimum absolute atomic E-state index is 0.0108. The van der Waals surface area contributed by atoms with Gasteiger partial charge in [0, 0.05) is 28.9 Å². The summed E-state index contributed by atoms with van der Waals surface area (Å²) < 4.78 is 33.5. The van der Waals surface area contributed by atoms with Gasteiger partial charge in [-0.25, -0.2) is 13.4 Å². The number of ether oxygens (including phenoxy) is 1. The van der Waals surface area contributed by atoms with E-state index in [0.29, 0.717) is 41.2 Å². The van der Waals surface area contributed by atoms with Gasteiger partial charge >= 0.3 is 5.97 Å². The predicted octanol–water partition coefficient (Wildman–Crippen LogP) is 3.40. The largest absolute Gasteiger partial charge is 0.466 e. The summed E-state index contributed by atoms with van der Waals surface area (Å²) in [7, 11) is -3.53. The molecule has 9 nitrogen and oxygen atoms in total. The van der Waals surface area contributed by atoms with Crippen molar-refractivity contribution in [3.63, 3.8) is 0 Å². The van der Waals surface area contributed by atoms with E-state index < -0.39 is 9.84 Å². The normalized spacial score (nSPS) is 18.5. The number of nitrogens with zero attached hydrogens (tertiary/aromatic N) is 5. The highest BCUT2D eigenvalue weighted by Gasteiger charge is 2.38. The van der Waals surface area contributed by atoms with Crippen LogP contribution < -0.4 is 0 Å². The van der Waals surface area contributed by atoms with Crippen LogP contribution in [0.3, 0.4) is 0 Å². The van der Waals surface area contributed by atoms with E-state index in [2.05, 4.69) is 14.6 Å².